The molecule has 2 aliphatic rings. The average Bonchev–Trinajstić information content (AvgIpc) is 2.92. The summed E-state index contributed by atoms with van der Waals surface area (Å²) in [6.45, 7) is 1.44. The zero-order valence-corrected chi connectivity index (χ0v) is 16.1. The average molecular weight is 387 g/mol. The second-order valence-electron chi connectivity index (χ2n) is 7.22. The number of hydrogen-bond acceptors (Lipinski definition) is 5. The maximum absolute atomic E-state index is 12.5. The Morgan fingerprint density at radius 1 is 1.07 bits per heavy atom. The van der Waals surface area contributed by atoms with Crippen molar-refractivity contribution in [2.45, 2.75) is 39.0 Å². The normalized spacial score (nSPS) is 21.3. The summed E-state index contributed by atoms with van der Waals surface area (Å²) >= 11 is 0. The van der Waals surface area contributed by atoms with E-state index < -0.39 is 0 Å². The third kappa shape index (κ3) is 4.16. The molecule has 0 spiro atoms. The van der Waals surface area contributed by atoms with Gasteiger partial charge in [0.1, 0.15) is 5.75 Å². The van der Waals surface area contributed by atoms with E-state index in [1.165, 1.54) is 18.9 Å². The molecule has 1 heterocycles. The van der Waals surface area contributed by atoms with Crippen LogP contribution in [0, 0.1) is 11.8 Å². The molecular formula is C20H25N3O5. The van der Waals surface area contributed by atoms with Gasteiger partial charge in [0.05, 0.1) is 30.3 Å². The van der Waals surface area contributed by atoms with E-state index in [4.69, 9.17) is 4.74 Å². The zero-order chi connectivity index (χ0) is 20.3. The molecule has 4 amide bonds. The fourth-order valence-electron chi connectivity index (χ4n) is 3.93. The van der Waals surface area contributed by atoms with Crippen LogP contribution in [0.3, 0.4) is 0 Å². The molecule has 2 atom stereocenters. The highest BCUT2D eigenvalue weighted by Gasteiger charge is 2.47. The first-order valence-corrected chi connectivity index (χ1v) is 9.51. The quantitative estimate of drug-likeness (QED) is 0.728. The molecule has 1 aliphatic carbocycles. The van der Waals surface area contributed by atoms with Crippen LogP contribution in [-0.4, -0.2) is 42.2 Å². The minimum atomic E-state index is -0.352. The van der Waals surface area contributed by atoms with Gasteiger partial charge in [-0.2, -0.15) is 0 Å². The number of nitrogens with one attached hydrogen (secondary N) is 2. The first-order valence-electron chi connectivity index (χ1n) is 9.51. The number of ether oxygens (including phenoxy) is 1. The smallest absolute Gasteiger partial charge is 0.233 e. The number of carbonyl (C=O) groups is 4. The minimum Gasteiger partial charge on any atom is -0.497 e. The molecule has 1 aromatic carbocycles. The Morgan fingerprint density at radius 2 is 1.71 bits per heavy atom. The van der Waals surface area contributed by atoms with Gasteiger partial charge in [-0.25, -0.2) is 0 Å². The Balaban J connectivity index is 1.64. The van der Waals surface area contributed by atoms with Gasteiger partial charge < -0.3 is 15.4 Å². The van der Waals surface area contributed by atoms with Crippen LogP contribution in [-0.2, 0) is 19.2 Å². The van der Waals surface area contributed by atoms with Crippen molar-refractivity contribution >= 4 is 35.0 Å². The second-order valence-corrected chi connectivity index (χ2v) is 7.22. The van der Waals surface area contributed by atoms with E-state index in [-0.39, 0.29) is 48.4 Å². The van der Waals surface area contributed by atoms with Crippen molar-refractivity contribution in [1.29, 1.82) is 0 Å². The van der Waals surface area contributed by atoms with E-state index in [0.717, 1.165) is 25.7 Å². The van der Waals surface area contributed by atoms with E-state index in [1.54, 1.807) is 18.2 Å². The standard InChI is InChI=1S/C20H25N3O5/c1-12(24)21-16-8-7-13(28-2)11-17(16)22-18(25)9-10-23-19(26)14-5-3-4-6-15(14)20(23)27/h7-8,11,14-15H,3-6,9-10H2,1-2H3,(H,21,24)(H,22,25). The molecule has 0 bridgehead atoms. The second kappa shape index (κ2) is 8.41. The van der Waals surface area contributed by atoms with E-state index in [1.807, 2.05) is 0 Å². The van der Waals surface area contributed by atoms with Crippen LogP contribution >= 0.6 is 0 Å². The molecule has 8 nitrogen and oxygen atoms in total. The van der Waals surface area contributed by atoms with Gasteiger partial charge in [0.15, 0.2) is 0 Å². The van der Waals surface area contributed by atoms with Crippen LogP contribution in [0.15, 0.2) is 18.2 Å². The number of likely N-dealkylation sites (tertiary alicyclic amines) is 1. The molecule has 2 N–H and O–H groups in total. The molecule has 2 unspecified atom stereocenters. The van der Waals surface area contributed by atoms with Crippen molar-refractivity contribution in [3.8, 4) is 5.75 Å². The maximum Gasteiger partial charge on any atom is 0.233 e. The number of amides is 4. The fraction of sp³-hybridized carbons (Fsp3) is 0.500. The molecule has 1 aromatic rings. The van der Waals surface area contributed by atoms with Gasteiger partial charge in [-0.05, 0) is 25.0 Å². The SMILES string of the molecule is COc1ccc(NC(C)=O)c(NC(=O)CCN2C(=O)C3CCCCC3C2=O)c1. The summed E-state index contributed by atoms with van der Waals surface area (Å²) in [4.78, 5) is 50.0. The van der Waals surface area contributed by atoms with Crippen molar-refractivity contribution in [2.24, 2.45) is 11.8 Å². The molecule has 1 saturated heterocycles. The molecule has 0 radical (unpaired) electrons. The van der Waals surface area contributed by atoms with Crippen LogP contribution in [0.5, 0.6) is 5.75 Å². The number of methoxy groups -OCH3 is 1. The number of fused-ring (bicyclic) bond motifs is 1. The highest BCUT2D eigenvalue weighted by atomic mass is 16.5. The van der Waals surface area contributed by atoms with Gasteiger partial charge in [0, 0.05) is 26.0 Å². The van der Waals surface area contributed by atoms with Crippen molar-refractivity contribution in [3.63, 3.8) is 0 Å². The fourth-order valence-corrected chi connectivity index (χ4v) is 3.93. The lowest BCUT2D eigenvalue weighted by atomic mass is 9.81. The summed E-state index contributed by atoms with van der Waals surface area (Å²) in [5.41, 5.74) is 0.841. The highest BCUT2D eigenvalue weighted by Crippen LogP contribution is 2.38. The number of imide groups is 1. The summed E-state index contributed by atoms with van der Waals surface area (Å²) in [6.07, 6.45) is 3.43. The molecule has 150 valence electrons. The molecule has 8 heteroatoms. The topological polar surface area (TPSA) is 105 Å². The predicted octanol–water partition coefficient (Wildman–Crippen LogP) is 2.16. The first-order chi connectivity index (χ1) is 13.4. The van der Waals surface area contributed by atoms with Crippen LogP contribution in [0.1, 0.15) is 39.0 Å². The summed E-state index contributed by atoms with van der Waals surface area (Å²) in [5, 5.41) is 5.37. The lowest BCUT2D eigenvalue weighted by Gasteiger charge is -2.19. The van der Waals surface area contributed by atoms with Crippen LogP contribution in [0.25, 0.3) is 0 Å². The Labute approximate surface area is 163 Å². The lowest BCUT2D eigenvalue weighted by Crippen LogP contribution is -2.34. The summed E-state index contributed by atoms with van der Waals surface area (Å²) in [7, 11) is 1.50. The van der Waals surface area contributed by atoms with Crippen molar-refractivity contribution in [2.75, 3.05) is 24.3 Å². The lowest BCUT2D eigenvalue weighted by molar-refractivity contribution is -0.140. The van der Waals surface area contributed by atoms with E-state index in [9.17, 15) is 19.2 Å². The number of rotatable bonds is 6. The van der Waals surface area contributed by atoms with Crippen LogP contribution < -0.4 is 15.4 Å². The number of nitrogens with zero attached hydrogens (tertiary/aromatic N) is 1. The number of carbonyl (C=O) groups excluding carboxylic acids is 4. The van der Waals surface area contributed by atoms with Crippen LogP contribution in [0.4, 0.5) is 11.4 Å². The van der Waals surface area contributed by atoms with Gasteiger partial charge in [-0.15, -0.1) is 0 Å². The van der Waals surface area contributed by atoms with E-state index in [0.29, 0.717) is 17.1 Å². The monoisotopic (exact) mass is 387 g/mol. The highest BCUT2D eigenvalue weighted by molar-refractivity contribution is 6.06. The summed E-state index contributed by atoms with van der Waals surface area (Å²) < 4.78 is 5.16. The number of benzene rings is 1. The molecule has 1 saturated carbocycles. The third-order valence-electron chi connectivity index (χ3n) is 5.31. The van der Waals surface area contributed by atoms with Crippen LogP contribution in [0.2, 0.25) is 0 Å². The Bertz CT molecular complexity index is 783. The minimum absolute atomic E-state index is 0.00631. The largest absolute Gasteiger partial charge is 0.497 e. The molecule has 3 rings (SSSR count). The maximum atomic E-state index is 12.5. The van der Waals surface area contributed by atoms with E-state index in [2.05, 4.69) is 10.6 Å². The van der Waals surface area contributed by atoms with Gasteiger partial charge in [0.25, 0.3) is 0 Å². The summed E-state index contributed by atoms with van der Waals surface area (Å²) in [5.74, 6) is -0.820. The Hall–Kier alpha value is -2.90. The zero-order valence-electron chi connectivity index (χ0n) is 16.1. The van der Waals surface area contributed by atoms with Gasteiger partial charge in [0.2, 0.25) is 23.6 Å². The number of hydrogen-bond donors (Lipinski definition) is 2. The van der Waals surface area contributed by atoms with E-state index >= 15 is 0 Å². The Morgan fingerprint density at radius 3 is 2.29 bits per heavy atom. The van der Waals surface area contributed by atoms with Crippen molar-refractivity contribution in [3.05, 3.63) is 18.2 Å². The third-order valence-corrected chi connectivity index (χ3v) is 5.31. The predicted molar refractivity (Wildman–Crippen MR) is 103 cm³/mol. The molecule has 0 aromatic heterocycles. The number of anilines is 2. The Kier molecular flexibility index (Phi) is 5.96. The van der Waals surface area contributed by atoms with Gasteiger partial charge >= 0.3 is 0 Å². The summed E-state index contributed by atoms with van der Waals surface area (Å²) in [6, 6.07) is 4.90. The molecular weight excluding hydrogens is 362 g/mol. The molecule has 2 fully saturated rings. The first kappa shape index (κ1) is 19.9. The van der Waals surface area contributed by atoms with Crippen molar-refractivity contribution in [1.82, 2.24) is 4.90 Å². The van der Waals surface area contributed by atoms with Gasteiger partial charge in [-0.1, -0.05) is 12.8 Å². The molecule has 28 heavy (non-hydrogen) atoms. The van der Waals surface area contributed by atoms with Crippen molar-refractivity contribution < 1.29 is 23.9 Å². The van der Waals surface area contributed by atoms with Gasteiger partial charge in [-0.3, -0.25) is 24.1 Å². The molecule has 1 aliphatic heterocycles.